The molecule has 0 spiro atoms. The molecule has 0 aliphatic carbocycles. The van der Waals surface area contributed by atoms with E-state index in [2.05, 4.69) is 37.9 Å². The Bertz CT molecular complexity index is 615. The summed E-state index contributed by atoms with van der Waals surface area (Å²) in [5.74, 6) is 0. The molecule has 3 aromatic rings. The number of aromatic nitrogens is 3. The van der Waals surface area contributed by atoms with Crippen LogP contribution in [0.2, 0.25) is 0 Å². The van der Waals surface area contributed by atoms with E-state index in [1.807, 2.05) is 0 Å². The fraction of sp³-hybridized carbons (Fsp3) is 0. The van der Waals surface area contributed by atoms with Crippen LogP contribution in [0, 0.1) is 15.6 Å². The molecule has 3 aromatic heterocycles. The summed E-state index contributed by atoms with van der Waals surface area (Å²) in [7, 11) is 0. The van der Waals surface area contributed by atoms with E-state index < -0.39 is 0 Å². The second-order valence-electron chi connectivity index (χ2n) is 4.09. The molecule has 0 N–H and O–H groups in total. The predicted octanol–water partition coefficient (Wildman–Crippen LogP) is 0.297. The van der Waals surface area contributed by atoms with Crippen LogP contribution in [0.3, 0.4) is 0 Å². The first-order valence-corrected chi connectivity index (χ1v) is 7.70. The topological polar surface area (TPSA) is 80.8 Å². The van der Waals surface area contributed by atoms with Gasteiger partial charge in [0.1, 0.15) is 0 Å². The predicted molar refractivity (Wildman–Crippen MR) is 98.9 cm³/mol. The van der Waals surface area contributed by atoms with Gasteiger partial charge in [-0.1, -0.05) is 18.2 Å². The Labute approximate surface area is 172 Å². The molecule has 0 saturated carbocycles. The molecule has 0 atom stereocenters. The molecule has 126 valence electrons. The SMILES string of the molecule is [Al+3].[O-][n+]1ccccc1[S-].[O-][n+]1ccccc1[S-].[O-][n+]1ccccc1[S-]. The molecule has 0 amide bonds. The molecule has 0 unspecified atom stereocenters. The first kappa shape index (κ1) is 23.0. The van der Waals surface area contributed by atoms with Crippen molar-refractivity contribution >= 4 is 55.2 Å². The number of hydrogen-bond donors (Lipinski definition) is 0. The summed E-state index contributed by atoms with van der Waals surface area (Å²) in [5.41, 5.74) is 0. The van der Waals surface area contributed by atoms with E-state index in [1.54, 1.807) is 54.6 Å². The molecule has 0 radical (unpaired) electrons. The molecule has 0 aliphatic heterocycles. The molecule has 0 aromatic carbocycles. The summed E-state index contributed by atoms with van der Waals surface area (Å²) in [4.78, 5) is 0. The van der Waals surface area contributed by atoms with Crippen molar-refractivity contribution in [2.24, 2.45) is 0 Å². The van der Waals surface area contributed by atoms with Crippen LogP contribution in [-0.2, 0) is 37.9 Å². The van der Waals surface area contributed by atoms with E-state index >= 15 is 0 Å². The number of pyridine rings is 3. The Hall–Kier alpha value is -1.96. The summed E-state index contributed by atoms with van der Waals surface area (Å²) in [6, 6.07) is 14.9. The maximum absolute atomic E-state index is 10.4. The maximum Gasteiger partial charge on any atom is 3.00 e. The minimum Gasteiger partial charge on any atom is -0.709 e. The molecular formula is C15H12AlN3O3S3. The minimum atomic E-state index is 0. The normalized spacial score (nSPS) is 8.64. The van der Waals surface area contributed by atoms with Gasteiger partial charge in [0.05, 0.1) is 15.1 Å². The van der Waals surface area contributed by atoms with E-state index in [-0.39, 0.29) is 17.4 Å². The summed E-state index contributed by atoms with van der Waals surface area (Å²) in [6.07, 6.45) is 4.13. The first-order chi connectivity index (χ1) is 11.4. The van der Waals surface area contributed by atoms with Gasteiger partial charge in [-0.15, -0.1) is 0 Å². The summed E-state index contributed by atoms with van der Waals surface area (Å²) >= 11 is 13.8. The molecule has 25 heavy (non-hydrogen) atoms. The third kappa shape index (κ3) is 9.19. The van der Waals surface area contributed by atoms with Crippen molar-refractivity contribution in [2.75, 3.05) is 0 Å². The van der Waals surface area contributed by atoms with Crippen LogP contribution < -0.4 is 14.2 Å². The van der Waals surface area contributed by atoms with Gasteiger partial charge in [-0.2, -0.15) is 14.2 Å². The van der Waals surface area contributed by atoms with E-state index in [9.17, 15) is 15.6 Å². The van der Waals surface area contributed by atoms with Crippen LogP contribution in [0.15, 0.2) is 88.3 Å². The monoisotopic (exact) mass is 405 g/mol. The quantitative estimate of drug-likeness (QED) is 0.232. The van der Waals surface area contributed by atoms with Crippen LogP contribution in [0.1, 0.15) is 0 Å². The molecule has 3 heterocycles. The van der Waals surface area contributed by atoms with Crippen LogP contribution in [0.4, 0.5) is 0 Å². The van der Waals surface area contributed by atoms with E-state index in [1.165, 1.54) is 18.6 Å². The Morgan fingerprint density at radius 3 is 0.880 bits per heavy atom. The van der Waals surface area contributed by atoms with Gasteiger partial charge in [0.15, 0.2) is 18.6 Å². The van der Waals surface area contributed by atoms with E-state index in [0.29, 0.717) is 29.3 Å². The Kier molecular flexibility index (Phi) is 11.4. The zero-order valence-electron chi connectivity index (χ0n) is 12.8. The van der Waals surface area contributed by atoms with Crippen molar-refractivity contribution in [3.05, 3.63) is 88.8 Å². The molecule has 0 aliphatic rings. The summed E-state index contributed by atoms with van der Waals surface area (Å²) in [5, 5.41) is 32.2. The Balaban J connectivity index is 0.000000339. The molecular weight excluding hydrogens is 393 g/mol. The molecule has 0 bridgehead atoms. The van der Waals surface area contributed by atoms with Crippen LogP contribution in [0.5, 0.6) is 0 Å². The van der Waals surface area contributed by atoms with E-state index in [0.717, 1.165) is 0 Å². The zero-order valence-corrected chi connectivity index (χ0v) is 16.4. The van der Waals surface area contributed by atoms with E-state index in [4.69, 9.17) is 0 Å². The van der Waals surface area contributed by atoms with Crippen molar-refractivity contribution in [1.82, 2.24) is 0 Å². The van der Waals surface area contributed by atoms with Crippen LogP contribution in [0.25, 0.3) is 0 Å². The molecule has 3 rings (SSSR count). The smallest absolute Gasteiger partial charge is 0.709 e. The fourth-order valence-electron chi connectivity index (χ4n) is 1.24. The van der Waals surface area contributed by atoms with Crippen molar-refractivity contribution in [3.8, 4) is 0 Å². The molecule has 0 saturated heterocycles. The zero-order chi connectivity index (χ0) is 17.9. The van der Waals surface area contributed by atoms with Gasteiger partial charge in [0.25, 0.3) is 0 Å². The van der Waals surface area contributed by atoms with Crippen LogP contribution >= 0.6 is 0 Å². The third-order valence-electron chi connectivity index (χ3n) is 2.37. The molecule has 6 nitrogen and oxygen atoms in total. The summed E-state index contributed by atoms with van der Waals surface area (Å²) < 4.78 is 1.94. The minimum absolute atomic E-state index is 0. The van der Waals surface area contributed by atoms with Gasteiger partial charge in [-0.05, 0) is 18.2 Å². The van der Waals surface area contributed by atoms with Crippen molar-refractivity contribution in [3.63, 3.8) is 0 Å². The number of rotatable bonds is 0. The van der Waals surface area contributed by atoms with Crippen molar-refractivity contribution in [2.45, 2.75) is 15.1 Å². The Morgan fingerprint density at radius 2 is 0.760 bits per heavy atom. The maximum atomic E-state index is 10.4. The van der Waals surface area contributed by atoms with Gasteiger partial charge < -0.3 is 53.5 Å². The Morgan fingerprint density at radius 1 is 0.520 bits per heavy atom. The molecule has 10 heteroatoms. The fourth-order valence-corrected chi connectivity index (χ4v) is 1.66. The summed E-state index contributed by atoms with van der Waals surface area (Å²) in [6.45, 7) is 0. The third-order valence-corrected chi connectivity index (χ3v) is 3.31. The standard InChI is InChI=1S/3C5H5NOS.Al/c3*7-6-4-2-1-3-5(6)8;/h3*1-4,8H;/q;;;+3/p-3. The van der Waals surface area contributed by atoms with Crippen LogP contribution in [-0.4, -0.2) is 17.4 Å². The average molecular weight is 405 g/mol. The van der Waals surface area contributed by atoms with Crippen molar-refractivity contribution < 1.29 is 14.2 Å². The number of hydrogen-bond acceptors (Lipinski definition) is 6. The van der Waals surface area contributed by atoms with Gasteiger partial charge in [0.2, 0.25) is 0 Å². The largest absolute Gasteiger partial charge is 3.00 e. The molecule has 0 fully saturated rings. The van der Waals surface area contributed by atoms with Gasteiger partial charge in [-0.25, -0.2) is 0 Å². The number of nitrogens with zero attached hydrogens (tertiary/aromatic N) is 3. The first-order valence-electron chi connectivity index (χ1n) is 6.47. The van der Waals surface area contributed by atoms with Gasteiger partial charge >= 0.3 is 17.4 Å². The van der Waals surface area contributed by atoms with Gasteiger partial charge in [0, 0.05) is 18.2 Å². The van der Waals surface area contributed by atoms with Gasteiger partial charge in [-0.3, -0.25) is 0 Å². The second-order valence-corrected chi connectivity index (χ2v) is 5.35. The second kappa shape index (κ2) is 12.4. The average Bonchev–Trinajstić information content (AvgIpc) is 2.57. The van der Waals surface area contributed by atoms with Crippen molar-refractivity contribution in [1.29, 1.82) is 0 Å².